The molecule has 0 aromatic heterocycles. The first-order valence-electron chi connectivity index (χ1n) is 6.50. The molecule has 0 saturated heterocycles. The summed E-state index contributed by atoms with van der Waals surface area (Å²) in [6.45, 7) is 7.32. The second-order valence-electron chi connectivity index (χ2n) is 4.18. The number of carbonyl (C=O) groups excluding carboxylic acids is 2. The Balaban J connectivity index is 4.71. The van der Waals surface area contributed by atoms with Crippen LogP contribution in [0.3, 0.4) is 0 Å². The van der Waals surface area contributed by atoms with Crippen LogP contribution in [0.25, 0.3) is 0 Å². The zero-order chi connectivity index (χ0) is 14.7. The third-order valence-electron chi connectivity index (χ3n) is 1.87. The Hall–Kier alpha value is -0.106. The predicted molar refractivity (Wildman–Crippen MR) is 65.8 cm³/mol. The van der Waals surface area contributed by atoms with Crippen molar-refractivity contribution in [2.75, 3.05) is 26.4 Å². The zero-order valence-corrected chi connectivity index (χ0v) is 13.8. The normalized spacial score (nSPS) is 11.6. The molecule has 0 radical (unpaired) electrons. The minimum atomic E-state index is -3.98. The Labute approximate surface area is 120 Å². The van der Waals surface area contributed by atoms with Crippen molar-refractivity contribution in [2.24, 2.45) is 0 Å². The van der Waals surface area contributed by atoms with E-state index >= 15 is 0 Å². The standard InChI is InChI=1S/2C3H5O2.2C3H7O.Ti/c2*1-3(5)2-4;2*1-2-3-4;/h2*2H2,1H3;2*2-3H2,1H3;/q4*-1;+4. The number of rotatable bonds is 12. The first-order valence-corrected chi connectivity index (χ1v) is 9.05. The molecule has 0 rings (SSSR count). The van der Waals surface area contributed by atoms with Crippen LogP contribution in [0.1, 0.15) is 40.5 Å². The van der Waals surface area contributed by atoms with Crippen molar-refractivity contribution in [1.82, 2.24) is 0 Å². The van der Waals surface area contributed by atoms with E-state index in [9.17, 15) is 9.59 Å². The number of hydrogen-bond acceptors (Lipinski definition) is 6. The second kappa shape index (κ2) is 10.7. The van der Waals surface area contributed by atoms with E-state index in [1.54, 1.807) is 0 Å². The minimum absolute atomic E-state index is 0.120. The maximum atomic E-state index is 11.0. The third-order valence-corrected chi connectivity index (χ3v) is 5.17. The Kier molecular flexibility index (Phi) is 10.6. The molecule has 6 nitrogen and oxygen atoms in total. The summed E-state index contributed by atoms with van der Waals surface area (Å²) in [5.41, 5.74) is 0. The molecule has 0 amide bonds. The van der Waals surface area contributed by atoms with Crippen molar-refractivity contribution < 1.29 is 41.0 Å². The van der Waals surface area contributed by atoms with Gasteiger partial charge in [-0.2, -0.15) is 0 Å². The maximum absolute atomic E-state index is 11.0. The van der Waals surface area contributed by atoms with E-state index in [0.29, 0.717) is 13.2 Å². The summed E-state index contributed by atoms with van der Waals surface area (Å²) < 4.78 is 22.1. The van der Waals surface area contributed by atoms with Crippen LogP contribution in [0.15, 0.2) is 0 Å². The van der Waals surface area contributed by atoms with Crippen LogP contribution in [0, 0.1) is 0 Å². The van der Waals surface area contributed by atoms with Crippen molar-refractivity contribution in [3.8, 4) is 0 Å². The van der Waals surface area contributed by atoms with Gasteiger partial charge < -0.3 is 0 Å². The Morgan fingerprint density at radius 3 is 1.42 bits per heavy atom. The topological polar surface area (TPSA) is 71.1 Å². The van der Waals surface area contributed by atoms with Crippen LogP contribution in [-0.2, 0) is 41.0 Å². The Morgan fingerprint density at radius 1 is 0.789 bits per heavy atom. The van der Waals surface area contributed by atoms with E-state index < -0.39 is 18.1 Å². The summed E-state index contributed by atoms with van der Waals surface area (Å²) in [6, 6.07) is 0. The first-order chi connectivity index (χ1) is 8.95. The Bertz CT molecular complexity index is 253. The molecule has 7 heteroatoms. The molecule has 0 bridgehead atoms. The molecule has 0 aromatic carbocycles. The van der Waals surface area contributed by atoms with E-state index in [0.717, 1.165) is 12.8 Å². The van der Waals surface area contributed by atoms with Crippen LogP contribution in [0.5, 0.6) is 0 Å². The molecule has 0 N–H and O–H groups in total. The van der Waals surface area contributed by atoms with Gasteiger partial charge in [0.1, 0.15) is 0 Å². The molecule has 112 valence electrons. The van der Waals surface area contributed by atoms with Gasteiger partial charge in [0.2, 0.25) is 0 Å². The van der Waals surface area contributed by atoms with Gasteiger partial charge in [-0.1, -0.05) is 0 Å². The van der Waals surface area contributed by atoms with E-state index in [1.807, 2.05) is 13.8 Å². The second-order valence-corrected chi connectivity index (χ2v) is 7.54. The molecule has 0 fully saturated rings. The fraction of sp³-hybridized carbons (Fsp3) is 0.833. The molecule has 0 aromatic rings. The van der Waals surface area contributed by atoms with Gasteiger partial charge in [0.15, 0.2) is 0 Å². The molecular formula is C12H24O6Ti. The number of Topliss-reactive ketones (excluding diaryl/α,β-unsaturated/α-hetero) is 2. The molecule has 0 unspecified atom stereocenters. The van der Waals surface area contributed by atoms with Gasteiger partial charge >= 0.3 is 120 Å². The summed E-state index contributed by atoms with van der Waals surface area (Å²) >= 11 is -3.98. The zero-order valence-electron chi connectivity index (χ0n) is 12.2. The van der Waals surface area contributed by atoms with Crippen molar-refractivity contribution in [3.05, 3.63) is 0 Å². The summed E-state index contributed by atoms with van der Waals surface area (Å²) in [6.07, 6.45) is 1.55. The molecule has 0 aliphatic carbocycles. The quantitative estimate of drug-likeness (QED) is 0.512. The SMILES string of the molecule is CCC[O][Ti]([O]CCC)([O]CC(C)=O)[O]CC(C)=O. The molecule has 0 spiro atoms. The van der Waals surface area contributed by atoms with Gasteiger partial charge in [-0.3, -0.25) is 0 Å². The molecule has 19 heavy (non-hydrogen) atoms. The summed E-state index contributed by atoms with van der Waals surface area (Å²) in [5, 5.41) is 0. The van der Waals surface area contributed by atoms with E-state index in [2.05, 4.69) is 0 Å². The summed E-state index contributed by atoms with van der Waals surface area (Å²) in [4.78, 5) is 22.1. The summed E-state index contributed by atoms with van der Waals surface area (Å²) in [5.74, 6) is -0.275. The average Bonchev–Trinajstić information content (AvgIpc) is 2.37. The van der Waals surface area contributed by atoms with Crippen molar-refractivity contribution in [3.63, 3.8) is 0 Å². The fourth-order valence-corrected chi connectivity index (χ4v) is 4.47. The van der Waals surface area contributed by atoms with Gasteiger partial charge in [-0.05, 0) is 0 Å². The number of ketones is 2. The molecule has 0 heterocycles. The van der Waals surface area contributed by atoms with Crippen LogP contribution in [-0.4, -0.2) is 38.0 Å². The van der Waals surface area contributed by atoms with E-state index in [4.69, 9.17) is 13.3 Å². The first kappa shape index (κ1) is 18.9. The van der Waals surface area contributed by atoms with Gasteiger partial charge in [-0.15, -0.1) is 0 Å². The van der Waals surface area contributed by atoms with Gasteiger partial charge in [0.05, 0.1) is 0 Å². The van der Waals surface area contributed by atoms with Crippen LogP contribution in [0.2, 0.25) is 0 Å². The molecule has 0 atom stereocenters. The van der Waals surface area contributed by atoms with E-state index in [-0.39, 0.29) is 24.8 Å². The molecule has 0 aliphatic heterocycles. The van der Waals surface area contributed by atoms with Gasteiger partial charge in [0, 0.05) is 0 Å². The van der Waals surface area contributed by atoms with Crippen molar-refractivity contribution in [2.45, 2.75) is 40.5 Å². The average molecular weight is 312 g/mol. The van der Waals surface area contributed by atoms with Gasteiger partial charge in [-0.25, -0.2) is 0 Å². The summed E-state index contributed by atoms with van der Waals surface area (Å²) in [7, 11) is 0. The van der Waals surface area contributed by atoms with Gasteiger partial charge in [0.25, 0.3) is 0 Å². The fourth-order valence-electron chi connectivity index (χ4n) is 1.08. The number of carbonyl (C=O) groups is 2. The molecule has 0 aliphatic rings. The third kappa shape index (κ3) is 9.43. The van der Waals surface area contributed by atoms with Crippen LogP contribution in [0.4, 0.5) is 0 Å². The van der Waals surface area contributed by atoms with Crippen molar-refractivity contribution in [1.29, 1.82) is 0 Å². The van der Waals surface area contributed by atoms with E-state index in [1.165, 1.54) is 13.8 Å². The van der Waals surface area contributed by atoms with Crippen molar-refractivity contribution >= 4 is 11.6 Å². The molecular weight excluding hydrogens is 288 g/mol. The monoisotopic (exact) mass is 312 g/mol. The molecule has 0 saturated carbocycles. The van der Waals surface area contributed by atoms with Crippen LogP contribution < -0.4 is 0 Å². The Morgan fingerprint density at radius 2 is 1.16 bits per heavy atom. The predicted octanol–water partition coefficient (Wildman–Crippen LogP) is 1.86. The number of hydrogen-bond donors (Lipinski definition) is 0. The van der Waals surface area contributed by atoms with Crippen LogP contribution >= 0.6 is 0 Å².